The van der Waals surface area contributed by atoms with Crippen LogP contribution in [0.3, 0.4) is 0 Å². The van der Waals surface area contributed by atoms with Crippen molar-refractivity contribution in [3.63, 3.8) is 0 Å². The van der Waals surface area contributed by atoms with Crippen LogP contribution in [0.15, 0.2) is 30.3 Å². The van der Waals surface area contributed by atoms with Gasteiger partial charge in [0.15, 0.2) is 0 Å². The highest BCUT2D eigenvalue weighted by atomic mass is 16.5. The molecule has 1 aromatic rings. The van der Waals surface area contributed by atoms with Crippen LogP contribution in [0.5, 0.6) is 5.75 Å². The van der Waals surface area contributed by atoms with Gasteiger partial charge in [-0.05, 0) is 42.5 Å². The summed E-state index contributed by atoms with van der Waals surface area (Å²) in [5.41, 5.74) is 0.900. The molecule has 0 heterocycles. The molecule has 1 aliphatic carbocycles. The average Bonchev–Trinajstić information content (AvgIpc) is 3.27. The van der Waals surface area contributed by atoms with Crippen molar-refractivity contribution in [2.45, 2.75) is 18.9 Å². The predicted octanol–water partition coefficient (Wildman–Crippen LogP) is 1.60. The zero-order chi connectivity index (χ0) is 13.7. The van der Waals surface area contributed by atoms with Gasteiger partial charge >= 0.3 is 0 Å². The van der Waals surface area contributed by atoms with Crippen LogP contribution in [-0.2, 0) is 4.79 Å². The SMILES string of the molecule is COc1cccc(C=CC(=O)NCC(O)C2CC2)c1. The fourth-order valence-corrected chi connectivity index (χ4v) is 1.83. The third-order valence-corrected chi connectivity index (χ3v) is 3.17. The van der Waals surface area contributed by atoms with E-state index < -0.39 is 6.10 Å². The van der Waals surface area contributed by atoms with E-state index in [1.165, 1.54) is 6.08 Å². The van der Waals surface area contributed by atoms with E-state index in [1.807, 2.05) is 24.3 Å². The fourth-order valence-electron chi connectivity index (χ4n) is 1.83. The molecule has 4 nitrogen and oxygen atoms in total. The summed E-state index contributed by atoms with van der Waals surface area (Å²) in [7, 11) is 1.61. The minimum Gasteiger partial charge on any atom is -0.497 e. The van der Waals surface area contributed by atoms with Crippen LogP contribution in [0.2, 0.25) is 0 Å². The van der Waals surface area contributed by atoms with Crippen LogP contribution in [0, 0.1) is 5.92 Å². The number of hydrogen-bond acceptors (Lipinski definition) is 3. The molecule has 0 bridgehead atoms. The normalized spacial score (nSPS) is 16.3. The Labute approximate surface area is 113 Å². The van der Waals surface area contributed by atoms with E-state index in [4.69, 9.17) is 4.74 Å². The van der Waals surface area contributed by atoms with Crippen LogP contribution in [0.4, 0.5) is 0 Å². The lowest BCUT2D eigenvalue weighted by atomic mass is 10.2. The molecule has 0 spiro atoms. The number of carbonyl (C=O) groups excluding carboxylic acids is 1. The van der Waals surface area contributed by atoms with Crippen molar-refractivity contribution in [2.75, 3.05) is 13.7 Å². The van der Waals surface area contributed by atoms with Gasteiger partial charge in [-0.1, -0.05) is 12.1 Å². The second kappa shape index (κ2) is 6.38. The molecule has 0 saturated heterocycles. The largest absolute Gasteiger partial charge is 0.497 e. The first-order chi connectivity index (χ1) is 9.19. The standard InChI is InChI=1S/C15H19NO3/c1-19-13-4-2-3-11(9-13)5-8-15(18)16-10-14(17)12-6-7-12/h2-5,8-9,12,14,17H,6-7,10H2,1H3,(H,16,18). The van der Waals surface area contributed by atoms with Crippen molar-refractivity contribution in [2.24, 2.45) is 5.92 Å². The Morgan fingerprint density at radius 1 is 1.58 bits per heavy atom. The van der Waals surface area contributed by atoms with E-state index in [9.17, 15) is 9.90 Å². The summed E-state index contributed by atoms with van der Waals surface area (Å²) in [6.07, 6.45) is 4.91. The summed E-state index contributed by atoms with van der Waals surface area (Å²) in [5, 5.41) is 12.3. The number of nitrogens with one attached hydrogen (secondary N) is 1. The first kappa shape index (κ1) is 13.6. The number of ether oxygens (including phenoxy) is 1. The van der Waals surface area contributed by atoms with Crippen LogP contribution in [0.1, 0.15) is 18.4 Å². The number of aliphatic hydroxyl groups is 1. The van der Waals surface area contributed by atoms with Crippen LogP contribution in [0.25, 0.3) is 6.08 Å². The molecular weight excluding hydrogens is 242 g/mol. The molecule has 1 aromatic carbocycles. The Morgan fingerprint density at radius 2 is 2.37 bits per heavy atom. The maximum atomic E-state index is 11.6. The lowest BCUT2D eigenvalue weighted by Crippen LogP contribution is -2.31. The monoisotopic (exact) mass is 261 g/mol. The van der Waals surface area contributed by atoms with Gasteiger partial charge in [-0.2, -0.15) is 0 Å². The number of amides is 1. The van der Waals surface area contributed by atoms with E-state index in [2.05, 4.69) is 5.32 Å². The molecule has 102 valence electrons. The van der Waals surface area contributed by atoms with Gasteiger partial charge in [-0.25, -0.2) is 0 Å². The predicted molar refractivity (Wildman–Crippen MR) is 73.8 cm³/mol. The summed E-state index contributed by atoms with van der Waals surface area (Å²) in [6.45, 7) is 0.325. The zero-order valence-corrected chi connectivity index (χ0v) is 11.0. The molecule has 19 heavy (non-hydrogen) atoms. The van der Waals surface area contributed by atoms with Crippen molar-refractivity contribution >= 4 is 12.0 Å². The molecule has 1 amide bonds. The van der Waals surface area contributed by atoms with Crippen molar-refractivity contribution in [1.82, 2.24) is 5.32 Å². The molecule has 1 unspecified atom stereocenters. The summed E-state index contributed by atoms with van der Waals surface area (Å²) >= 11 is 0. The molecule has 1 saturated carbocycles. The molecule has 2 N–H and O–H groups in total. The fraction of sp³-hybridized carbons (Fsp3) is 0.400. The van der Waals surface area contributed by atoms with Crippen molar-refractivity contribution in [1.29, 1.82) is 0 Å². The minimum atomic E-state index is -0.408. The Kier molecular flexibility index (Phi) is 4.58. The zero-order valence-electron chi connectivity index (χ0n) is 11.0. The van der Waals surface area contributed by atoms with Crippen LogP contribution < -0.4 is 10.1 Å². The van der Waals surface area contributed by atoms with Crippen LogP contribution in [-0.4, -0.2) is 30.8 Å². The van der Waals surface area contributed by atoms with E-state index in [-0.39, 0.29) is 5.91 Å². The molecule has 1 atom stereocenters. The molecule has 0 aliphatic heterocycles. The van der Waals surface area contributed by atoms with Gasteiger partial charge in [0, 0.05) is 12.6 Å². The van der Waals surface area contributed by atoms with Crippen molar-refractivity contribution < 1.29 is 14.6 Å². The molecule has 0 aromatic heterocycles. The van der Waals surface area contributed by atoms with E-state index in [0.717, 1.165) is 24.2 Å². The number of hydrogen-bond donors (Lipinski definition) is 2. The second-order valence-corrected chi connectivity index (χ2v) is 4.76. The maximum Gasteiger partial charge on any atom is 0.244 e. The molecular formula is C15H19NO3. The Morgan fingerprint density at radius 3 is 3.05 bits per heavy atom. The number of carbonyl (C=O) groups is 1. The van der Waals surface area contributed by atoms with Gasteiger partial charge < -0.3 is 15.2 Å². The highest BCUT2D eigenvalue weighted by Crippen LogP contribution is 2.32. The molecule has 1 aliphatic rings. The van der Waals surface area contributed by atoms with E-state index >= 15 is 0 Å². The topological polar surface area (TPSA) is 58.6 Å². The Hall–Kier alpha value is -1.81. The molecule has 2 rings (SSSR count). The van der Waals surface area contributed by atoms with Crippen LogP contribution >= 0.6 is 0 Å². The molecule has 0 radical (unpaired) electrons. The summed E-state index contributed by atoms with van der Waals surface area (Å²) in [4.78, 5) is 11.6. The van der Waals surface area contributed by atoms with E-state index in [0.29, 0.717) is 12.5 Å². The smallest absolute Gasteiger partial charge is 0.244 e. The number of aliphatic hydroxyl groups excluding tert-OH is 1. The van der Waals surface area contributed by atoms with Gasteiger partial charge in [-0.3, -0.25) is 4.79 Å². The first-order valence-electron chi connectivity index (χ1n) is 6.47. The van der Waals surface area contributed by atoms with Gasteiger partial charge in [0.05, 0.1) is 13.2 Å². The van der Waals surface area contributed by atoms with Gasteiger partial charge in [0.25, 0.3) is 0 Å². The lowest BCUT2D eigenvalue weighted by molar-refractivity contribution is -0.116. The van der Waals surface area contributed by atoms with Gasteiger partial charge in [-0.15, -0.1) is 0 Å². The maximum absolute atomic E-state index is 11.6. The minimum absolute atomic E-state index is 0.192. The number of benzene rings is 1. The first-order valence-corrected chi connectivity index (χ1v) is 6.47. The third-order valence-electron chi connectivity index (χ3n) is 3.17. The van der Waals surface area contributed by atoms with Gasteiger partial charge in [0.2, 0.25) is 5.91 Å². The quantitative estimate of drug-likeness (QED) is 0.765. The molecule has 1 fully saturated rings. The average molecular weight is 261 g/mol. The number of rotatable bonds is 6. The van der Waals surface area contributed by atoms with E-state index in [1.54, 1.807) is 13.2 Å². The Bertz CT molecular complexity index is 466. The molecule has 4 heteroatoms. The van der Waals surface area contributed by atoms with Gasteiger partial charge in [0.1, 0.15) is 5.75 Å². The summed E-state index contributed by atoms with van der Waals surface area (Å²) in [5.74, 6) is 0.942. The van der Waals surface area contributed by atoms with Crippen molar-refractivity contribution in [3.05, 3.63) is 35.9 Å². The third kappa shape index (κ3) is 4.41. The Balaban J connectivity index is 1.81. The summed E-state index contributed by atoms with van der Waals surface area (Å²) in [6, 6.07) is 7.46. The second-order valence-electron chi connectivity index (χ2n) is 4.76. The number of methoxy groups -OCH3 is 1. The highest BCUT2D eigenvalue weighted by Gasteiger charge is 2.29. The van der Waals surface area contributed by atoms with Crippen molar-refractivity contribution in [3.8, 4) is 5.75 Å². The lowest BCUT2D eigenvalue weighted by Gasteiger charge is -2.08. The highest BCUT2D eigenvalue weighted by molar-refractivity contribution is 5.91. The summed E-state index contributed by atoms with van der Waals surface area (Å²) < 4.78 is 5.11.